The molecule has 1 heterocycles. The Bertz CT molecular complexity index is 532. The van der Waals surface area contributed by atoms with Gasteiger partial charge in [0.05, 0.1) is 6.04 Å². The van der Waals surface area contributed by atoms with E-state index in [9.17, 15) is 0 Å². The van der Waals surface area contributed by atoms with Gasteiger partial charge in [0.15, 0.2) is 0 Å². The van der Waals surface area contributed by atoms with Crippen LogP contribution in [0, 0.1) is 0 Å². The van der Waals surface area contributed by atoms with Gasteiger partial charge in [0.1, 0.15) is 6.04 Å². The molecular weight excluding hydrogens is 230 g/mol. The fourth-order valence-corrected chi connectivity index (χ4v) is 3.22. The number of rotatable bonds is 3. The molecule has 2 aromatic carbocycles. The van der Waals surface area contributed by atoms with Crippen LogP contribution in [0.5, 0.6) is 0 Å². The van der Waals surface area contributed by atoms with E-state index < -0.39 is 0 Å². The Morgan fingerprint density at radius 1 is 1.00 bits per heavy atom. The van der Waals surface area contributed by atoms with E-state index in [1.54, 1.807) is 11.1 Å². The Kier molecular flexibility index (Phi) is 3.65. The van der Waals surface area contributed by atoms with Gasteiger partial charge in [0.2, 0.25) is 0 Å². The van der Waals surface area contributed by atoms with Crippen LogP contribution in [0.15, 0.2) is 54.6 Å². The van der Waals surface area contributed by atoms with Gasteiger partial charge in [-0.1, -0.05) is 54.6 Å². The minimum absolute atomic E-state index is 0.625. The third-order valence-corrected chi connectivity index (χ3v) is 4.14. The molecule has 0 saturated carbocycles. The summed E-state index contributed by atoms with van der Waals surface area (Å²) in [6, 6.07) is 21.1. The lowest BCUT2D eigenvalue weighted by atomic mass is 9.88. The quantitative estimate of drug-likeness (QED) is 0.865. The fraction of sp³-hybridized carbons (Fsp3) is 0.333. The van der Waals surface area contributed by atoms with Crippen molar-refractivity contribution in [2.75, 3.05) is 0 Å². The zero-order chi connectivity index (χ0) is 13.1. The molecule has 1 heteroatoms. The topological polar surface area (TPSA) is 16.6 Å². The number of benzene rings is 2. The highest BCUT2D eigenvalue weighted by Crippen LogP contribution is 2.23. The number of hydrogen-bond donors (Lipinski definition) is 1. The maximum absolute atomic E-state index is 2.55. The zero-order valence-electron chi connectivity index (χ0n) is 11.5. The van der Waals surface area contributed by atoms with E-state index in [1.165, 1.54) is 24.8 Å². The Morgan fingerprint density at radius 3 is 2.58 bits per heavy atom. The van der Waals surface area contributed by atoms with Crippen molar-refractivity contribution in [2.24, 2.45) is 0 Å². The number of hydrogen-bond acceptors (Lipinski definition) is 0. The van der Waals surface area contributed by atoms with Crippen molar-refractivity contribution in [1.29, 1.82) is 0 Å². The van der Waals surface area contributed by atoms with Crippen molar-refractivity contribution in [2.45, 2.75) is 38.3 Å². The summed E-state index contributed by atoms with van der Waals surface area (Å²) in [7, 11) is 0. The molecule has 2 aromatic rings. The molecular formula is C18H22N+. The van der Waals surface area contributed by atoms with Crippen molar-refractivity contribution < 1.29 is 5.32 Å². The Balaban J connectivity index is 1.74. The third kappa shape index (κ3) is 2.87. The van der Waals surface area contributed by atoms with Crippen LogP contribution >= 0.6 is 0 Å². The second-order valence-electron chi connectivity index (χ2n) is 5.70. The molecule has 19 heavy (non-hydrogen) atoms. The van der Waals surface area contributed by atoms with Crippen molar-refractivity contribution in [1.82, 2.24) is 0 Å². The zero-order valence-corrected chi connectivity index (χ0v) is 11.5. The van der Waals surface area contributed by atoms with Crippen LogP contribution in [-0.4, -0.2) is 6.04 Å². The van der Waals surface area contributed by atoms with E-state index in [0.29, 0.717) is 12.1 Å². The van der Waals surface area contributed by atoms with Crippen LogP contribution in [0.3, 0.4) is 0 Å². The molecule has 0 spiro atoms. The number of aryl methyl sites for hydroxylation is 1. The van der Waals surface area contributed by atoms with Gasteiger partial charge >= 0.3 is 0 Å². The highest BCUT2D eigenvalue weighted by Gasteiger charge is 2.26. The molecule has 0 aromatic heterocycles. The largest absolute Gasteiger partial charge is 0.338 e. The predicted octanol–water partition coefficient (Wildman–Crippen LogP) is 2.87. The van der Waals surface area contributed by atoms with E-state index in [0.717, 1.165) is 0 Å². The Hall–Kier alpha value is -1.60. The summed E-state index contributed by atoms with van der Waals surface area (Å²) >= 11 is 0. The van der Waals surface area contributed by atoms with Crippen molar-refractivity contribution in [3.05, 3.63) is 71.3 Å². The molecule has 0 unspecified atom stereocenters. The van der Waals surface area contributed by atoms with Gasteiger partial charge in [-0.2, -0.15) is 0 Å². The number of fused-ring (bicyclic) bond motifs is 1. The summed E-state index contributed by atoms with van der Waals surface area (Å²) in [4.78, 5) is 0. The molecule has 0 aliphatic carbocycles. The monoisotopic (exact) mass is 252 g/mol. The van der Waals surface area contributed by atoms with Gasteiger partial charge in [-0.05, 0) is 24.5 Å². The van der Waals surface area contributed by atoms with Crippen LogP contribution in [0.25, 0.3) is 0 Å². The standard InChI is InChI=1S/C18H21N/c1-14-13-16-9-5-6-10-17(16)18(19-14)12-11-15-7-3-2-4-8-15/h2-10,14,18-19H,11-13H2,1H3/p+1/t14-,18-/m0/s1. The van der Waals surface area contributed by atoms with E-state index >= 15 is 0 Å². The minimum Gasteiger partial charge on any atom is -0.338 e. The average molecular weight is 252 g/mol. The van der Waals surface area contributed by atoms with Gasteiger partial charge in [-0.15, -0.1) is 0 Å². The molecule has 0 saturated heterocycles. The molecule has 1 nitrogen and oxygen atoms in total. The highest BCUT2D eigenvalue weighted by molar-refractivity contribution is 5.31. The normalized spacial score (nSPS) is 21.9. The van der Waals surface area contributed by atoms with Crippen molar-refractivity contribution in [3.63, 3.8) is 0 Å². The predicted molar refractivity (Wildman–Crippen MR) is 79.0 cm³/mol. The molecule has 0 radical (unpaired) electrons. The Labute approximate surface area is 115 Å². The molecule has 0 fully saturated rings. The lowest BCUT2D eigenvalue weighted by molar-refractivity contribution is -0.729. The van der Waals surface area contributed by atoms with Crippen LogP contribution in [-0.2, 0) is 12.8 Å². The Morgan fingerprint density at radius 2 is 1.74 bits per heavy atom. The summed E-state index contributed by atoms with van der Waals surface area (Å²) in [6.07, 6.45) is 3.60. The van der Waals surface area contributed by atoms with Gasteiger partial charge in [0.25, 0.3) is 0 Å². The van der Waals surface area contributed by atoms with E-state index in [-0.39, 0.29) is 0 Å². The lowest BCUT2D eigenvalue weighted by Crippen LogP contribution is -2.92. The molecule has 1 aliphatic heterocycles. The van der Waals surface area contributed by atoms with Crippen LogP contribution in [0.2, 0.25) is 0 Å². The first-order valence-electron chi connectivity index (χ1n) is 7.29. The van der Waals surface area contributed by atoms with E-state index in [2.05, 4.69) is 66.8 Å². The molecule has 0 amide bonds. The molecule has 3 rings (SSSR count). The number of quaternary nitrogens is 1. The van der Waals surface area contributed by atoms with Gasteiger partial charge in [-0.3, -0.25) is 0 Å². The molecule has 2 N–H and O–H groups in total. The molecule has 98 valence electrons. The lowest BCUT2D eigenvalue weighted by Gasteiger charge is -2.28. The summed E-state index contributed by atoms with van der Waals surface area (Å²) in [5, 5.41) is 2.55. The molecule has 1 aliphatic rings. The van der Waals surface area contributed by atoms with Crippen molar-refractivity contribution in [3.8, 4) is 0 Å². The maximum atomic E-state index is 2.55. The second kappa shape index (κ2) is 5.58. The van der Waals surface area contributed by atoms with Gasteiger partial charge < -0.3 is 5.32 Å². The first-order chi connectivity index (χ1) is 9.33. The SMILES string of the molecule is C[C@H]1Cc2ccccc2[C@H](CCc2ccccc2)[NH2+]1. The summed E-state index contributed by atoms with van der Waals surface area (Å²) < 4.78 is 0. The van der Waals surface area contributed by atoms with E-state index in [4.69, 9.17) is 0 Å². The number of nitrogens with two attached hydrogens (primary N) is 1. The van der Waals surface area contributed by atoms with Crippen molar-refractivity contribution >= 4 is 0 Å². The summed E-state index contributed by atoms with van der Waals surface area (Å²) in [5.41, 5.74) is 4.55. The van der Waals surface area contributed by atoms with E-state index in [1.807, 2.05) is 0 Å². The summed E-state index contributed by atoms with van der Waals surface area (Å²) in [6.45, 7) is 2.34. The smallest absolute Gasteiger partial charge is 0.112 e. The third-order valence-electron chi connectivity index (χ3n) is 4.14. The summed E-state index contributed by atoms with van der Waals surface area (Å²) in [5.74, 6) is 0. The molecule has 2 atom stereocenters. The second-order valence-corrected chi connectivity index (χ2v) is 5.70. The first kappa shape index (κ1) is 12.4. The highest BCUT2D eigenvalue weighted by atomic mass is 15.0. The van der Waals surface area contributed by atoms with Crippen LogP contribution < -0.4 is 5.32 Å². The average Bonchev–Trinajstić information content (AvgIpc) is 2.45. The maximum Gasteiger partial charge on any atom is 0.112 e. The fourth-order valence-electron chi connectivity index (χ4n) is 3.22. The van der Waals surface area contributed by atoms with Crippen LogP contribution in [0.4, 0.5) is 0 Å². The van der Waals surface area contributed by atoms with Gasteiger partial charge in [-0.25, -0.2) is 0 Å². The minimum atomic E-state index is 0.625. The molecule has 0 bridgehead atoms. The van der Waals surface area contributed by atoms with Gasteiger partial charge in [0, 0.05) is 18.4 Å². The van der Waals surface area contributed by atoms with Crippen LogP contribution in [0.1, 0.15) is 36.1 Å². The first-order valence-corrected chi connectivity index (χ1v) is 7.29.